The first-order valence-electron chi connectivity index (χ1n) is 7.87. The summed E-state index contributed by atoms with van der Waals surface area (Å²) in [5.41, 5.74) is 0.0641. The van der Waals surface area contributed by atoms with Crippen LogP contribution < -0.4 is 9.47 Å². The summed E-state index contributed by atoms with van der Waals surface area (Å²) in [5, 5.41) is 3.38. The maximum Gasteiger partial charge on any atom is 0.268 e. The van der Waals surface area contributed by atoms with Gasteiger partial charge in [-0.05, 0) is 13.0 Å². The van der Waals surface area contributed by atoms with E-state index in [1.54, 1.807) is 18.2 Å². The highest BCUT2D eigenvalue weighted by Crippen LogP contribution is 2.34. The number of alkyl halides is 2. The fraction of sp³-hybridized carbons (Fsp3) is 0.438. The lowest BCUT2D eigenvalue weighted by molar-refractivity contribution is 0.146. The van der Waals surface area contributed by atoms with Gasteiger partial charge >= 0.3 is 0 Å². The first kappa shape index (κ1) is 18.6. The van der Waals surface area contributed by atoms with Crippen molar-refractivity contribution in [2.24, 2.45) is 7.05 Å². The van der Waals surface area contributed by atoms with Gasteiger partial charge < -0.3 is 9.47 Å². The van der Waals surface area contributed by atoms with Crippen LogP contribution in [0.5, 0.6) is 11.5 Å². The Morgan fingerprint density at radius 1 is 1.35 bits per heavy atom. The number of rotatable bonds is 4. The number of hydrogen-bond donors (Lipinski definition) is 0. The third-order valence-corrected chi connectivity index (χ3v) is 6.20. The zero-order valence-corrected chi connectivity index (χ0v) is 15.4. The average Bonchev–Trinajstić information content (AvgIpc) is 2.77. The van der Waals surface area contributed by atoms with Crippen LogP contribution in [0, 0.1) is 6.92 Å². The second-order valence-corrected chi connectivity index (χ2v) is 7.74. The van der Waals surface area contributed by atoms with Crippen molar-refractivity contribution in [2.75, 3.05) is 20.3 Å². The Hall–Kier alpha value is -2.20. The van der Waals surface area contributed by atoms with Gasteiger partial charge in [0, 0.05) is 31.8 Å². The fourth-order valence-electron chi connectivity index (χ4n) is 2.99. The molecule has 26 heavy (non-hydrogen) atoms. The van der Waals surface area contributed by atoms with Gasteiger partial charge in [-0.3, -0.25) is 4.68 Å². The number of aryl methyl sites for hydroxylation is 2. The minimum absolute atomic E-state index is 0.00252. The first-order chi connectivity index (χ1) is 12.3. The molecule has 0 aliphatic carbocycles. The molecule has 0 fully saturated rings. The van der Waals surface area contributed by atoms with Crippen molar-refractivity contribution in [2.45, 2.75) is 24.9 Å². The standard InChI is InChI=1S/C16H19F2N3O4S/c1-10-14(15(17)18)16(20(2)19-10)26(22,23)21-6-7-25-13-8-12(24-3)5-4-11(13)9-21/h4-5,8,15H,6-7,9H2,1-3H3. The number of sulfonamides is 1. The van der Waals surface area contributed by atoms with E-state index in [1.165, 1.54) is 21.1 Å². The number of halogens is 2. The molecular weight excluding hydrogens is 368 g/mol. The number of benzene rings is 1. The highest BCUT2D eigenvalue weighted by molar-refractivity contribution is 7.89. The summed E-state index contributed by atoms with van der Waals surface area (Å²) in [6, 6.07) is 5.06. The molecule has 1 aliphatic rings. The molecular formula is C16H19F2N3O4S. The van der Waals surface area contributed by atoms with Crippen LogP contribution in [0.25, 0.3) is 0 Å². The molecule has 2 heterocycles. The van der Waals surface area contributed by atoms with Crippen molar-refractivity contribution in [3.63, 3.8) is 0 Å². The number of nitrogens with zero attached hydrogens (tertiary/aromatic N) is 3. The van der Waals surface area contributed by atoms with Gasteiger partial charge in [-0.2, -0.15) is 9.40 Å². The molecule has 0 N–H and O–H groups in total. The smallest absolute Gasteiger partial charge is 0.268 e. The minimum Gasteiger partial charge on any atom is -0.497 e. The van der Waals surface area contributed by atoms with Crippen LogP contribution in [0.4, 0.5) is 8.78 Å². The number of fused-ring (bicyclic) bond motifs is 1. The molecule has 3 rings (SSSR count). The number of aromatic nitrogens is 2. The highest BCUT2D eigenvalue weighted by atomic mass is 32.2. The van der Waals surface area contributed by atoms with Gasteiger partial charge in [0.25, 0.3) is 16.4 Å². The van der Waals surface area contributed by atoms with Crippen LogP contribution in [0.2, 0.25) is 0 Å². The van der Waals surface area contributed by atoms with Crippen LogP contribution in [-0.2, 0) is 23.6 Å². The van der Waals surface area contributed by atoms with Crippen LogP contribution >= 0.6 is 0 Å². The van der Waals surface area contributed by atoms with Gasteiger partial charge in [0.2, 0.25) is 0 Å². The largest absolute Gasteiger partial charge is 0.497 e. The van der Waals surface area contributed by atoms with E-state index in [9.17, 15) is 17.2 Å². The summed E-state index contributed by atoms with van der Waals surface area (Å²) in [4.78, 5) is 0. The van der Waals surface area contributed by atoms with E-state index in [2.05, 4.69) is 5.10 Å². The normalized spacial score (nSPS) is 15.5. The molecule has 0 unspecified atom stereocenters. The lowest BCUT2D eigenvalue weighted by Gasteiger charge is -2.20. The van der Waals surface area contributed by atoms with Crippen molar-refractivity contribution >= 4 is 10.0 Å². The van der Waals surface area contributed by atoms with Gasteiger partial charge in [-0.1, -0.05) is 6.07 Å². The third kappa shape index (κ3) is 3.14. The second kappa shape index (κ2) is 6.84. The maximum atomic E-state index is 13.4. The second-order valence-electron chi connectivity index (χ2n) is 5.89. The van der Waals surface area contributed by atoms with E-state index in [1.807, 2.05) is 0 Å². The molecule has 1 aromatic heterocycles. The van der Waals surface area contributed by atoms with Crippen molar-refractivity contribution in [1.29, 1.82) is 0 Å². The molecule has 142 valence electrons. The van der Waals surface area contributed by atoms with Crippen molar-refractivity contribution in [1.82, 2.24) is 14.1 Å². The van der Waals surface area contributed by atoms with Crippen molar-refractivity contribution in [3.8, 4) is 11.5 Å². The molecule has 1 aromatic carbocycles. The molecule has 7 nitrogen and oxygen atoms in total. The Balaban J connectivity index is 2.03. The quantitative estimate of drug-likeness (QED) is 0.805. The van der Waals surface area contributed by atoms with E-state index < -0.39 is 27.0 Å². The molecule has 0 spiro atoms. The van der Waals surface area contributed by atoms with Gasteiger partial charge in [-0.25, -0.2) is 17.2 Å². The predicted molar refractivity (Wildman–Crippen MR) is 89.0 cm³/mol. The molecule has 10 heteroatoms. The number of hydrogen-bond acceptors (Lipinski definition) is 5. The highest BCUT2D eigenvalue weighted by Gasteiger charge is 2.36. The van der Waals surface area contributed by atoms with Crippen LogP contribution in [0.1, 0.15) is 23.2 Å². The summed E-state index contributed by atoms with van der Waals surface area (Å²) in [7, 11) is -1.32. The van der Waals surface area contributed by atoms with Gasteiger partial charge in [-0.15, -0.1) is 0 Å². The summed E-state index contributed by atoms with van der Waals surface area (Å²) >= 11 is 0. The molecule has 0 saturated carbocycles. The van der Waals surface area contributed by atoms with Crippen LogP contribution in [0.3, 0.4) is 0 Å². The molecule has 2 aromatic rings. The molecule has 0 saturated heterocycles. The lowest BCUT2D eigenvalue weighted by Crippen LogP contribution is -2.34. The van der Waals surface area contributed by atoms with E-state index in [0.717, 1.165) is 8.99 Å². The molecule has 0 bridgehead atoms. The Kier molecular flexibility index (Phi) is 4.89. The SMILES string of the molecule is COc1ccc2c(c1)OCCN(S(=O)(=O)c1c(C(F)F)c(C)nn1C)C2. The zero-order chi connectivity index (χ0) is 19.1. The van der Waals surface area contributed by atoms with Crippen molar-refractivity contribution in [3.05, 3.63) is 35.0 Å². The molecule has 0 atom stereocenters. The number of methoxy groups -OCH3 is 1. The van der Waals surface area contributed by atoms with Crippen LogP contribution in [-0.4, -0.2) is 42.8 Å². The predicted octanol–water partition coefficient (Wildman–Crippen LogP) is 2.26. The average molecular weight is 387 g/mol. The van der Waals surface area contributed by atoms with Gasteiger partial charge in [0.1, 0.15) is 18.1 Å². The first-order valence-corrected chi connectivity index (χ1v) is 9.31. The van der Waals surface area contributed by atoms with Gasteiger partial charge in [0.15, 0.2) is 5.03 Å². The summed E-state index contributed by atoms with van der Waals surface area (Å²) in [5.74, 6) is 1.10. The zero-order valence-electron chi connectivity index (χ0n) is 14.6. The molecule has 0 radical (unpaired) electrons. The fourth-order valence-corrected chi connectivity index (χ4v) is 4.75. The Morgan fingerprint density at radius 3 is 2.73 bits per heavy atom. The van der Waals surface area contributed by atoms with Crippen LogP contribution in [0.15, 0.2) is 23.2 Å². The Morgan fingerprint density at radius 2 is 2.08 bits per heavy atom. The van der Waals surface area contributed by atoms with E-state index in [-0.39, 0.29) is 25.4 Å². The third-order valence-electron chi connectivity index (χ3n) is 4.24. The Bertz CT molecular complexity index is 928. The van der Waals surface area contributed by atoms with Crippen molar-refractivity contribution < 1.29 is 26.7 Å². The van der Waals surface area contributed by atoms with E-state index >= 15 is 0 Å². The topological polar surface area (TPSA) is 73.7 Å². The van der Waals surface area contributed by atoms with E-state index in [4.69, 9.17) is 9.47 Å². The molecule has 0 amide bonds. The Labute approximate surface area is 150 Å². The monoisotopic (exact) mass is 387 g/mol. The summed E-state index contributed by atoms with van der Waals surface area (Å²) < 4.78 is 65.9. The lowest BCUT2D eigenvalue weighted by atomic mass is 10.2. The molecule has 1 aliphatic heterocycles. The maximum absolute atomic E-state index is 13.4. The summed E-state index contributed by atoms with van der Waals surface area (Å²) in [6.07, 6.45) is -2.94. The van der Waals surface area contributed by atoms with E-state index in [0.29, 0.717) is 17.1 Å². The minimum atomic E-state index is -4.19. The van der Waals surface area contributed by atoms with Gasteiger partial charge in [0.05, 0.1) is 18.4 Å². The summed E-state index contributed by atoms with van der Waals surface area (Å²) in [6.45, 7) is 1.51. The number of ether oxygens (including phenoxy) is 2.